The molecule has 2 aromatic carbocycles. The smallest absolute Gasteiger partial charge is 0.180 e. The first kappa shape index (κ1) is 26.2. The van der Waals surface area contributed by atoms with Crippen LogP contribution in [-0.2, 0) is 12.4 Å². The van der Waals surface area contributed by atoms with Crippen LogP contribution in [-0.4, -0.2) is 39.5 Å². The number of aromatic nitrogens is 8. The number of fused-ring (bicyclic) bond motifs is 2. The van der Waals surface area contributed by atoms with Gasteiger partial charge in [-0.1, -0.05) is 73.8 Å². The second-order valence-corrected chi connectivity index (χ2v) is 8.26. The molecule has 0 saturated carbocycles. The number of rotatable bonds is 5. The number of hydrogen-bond acceptors (Lipinski definition) is 7. The minimum atomic E-state index is 0.408. The summed E-state index contributed by atoms with van der Waals surface area (Å²) in [6, 6.07) is 16.2. The molecule has 0 radical (unpaired) electrons. The highest BCUT2D eigenvalue weighted by Gasteiger charge is 2.07. The molecule has 4 heterocycles. The summed E-state index contributed by atoms with van der Waals surface area (Å²) in [6.45, 7) is 8.09. The lowest BCUT2D eigenvalue weighted by Gasteiger charge is -2.04. The standard InChI is InChI=1S/C14H13N5.C9H9Cl.C5H4N4/c1-2-10-3-5-11(6-4-10)7-19-9-18-12-13(15)16-8-17-14(12)19;1-2-8-3-5-9(7-10)6-4-8;1-4-5(8-2-6-1)9-3-7-4/h2-6,8-9H,1,7H2,(H2,15,16,17);2-6H,1,7H2;1-3H,(H,6,7,8,9). The molecule has 0 aliphatic heterocycles. The highest BCUT2D eigenvalue weighted by atomic mass is 35.5. The molecule has 6 aromatic rings. The largest absolute Gasteiger partial charge is 0.382 e. The number of nitrogens with one attached hydrogen (secondary N) is 1. The summed E-state index contributed by atoms with van der Waals surface area (Å²) in [5.74, 6) is 0.989. The van der Waals surface area contributed by atoms with E-state index in [1.165, 1.54) is 18.2 Å². The van der Waals surface area contributed by atoms with Crippen LogP contribution in [0.1, 0.15) is 22.3 Å². The summed E-state index contributed by atoms with van der Waals surface area (Å²) in [5, 5.41) is 0. The maximum atomic E-state index is 5.76. The van der Waals surface area contributed by atoms with Crippen LogP contribution in [0, 0.1) is 0 Å². The minimum Gasteiger partial charge on any atom is -0.382 e. The monoisotopic (exact) mass is 523 g/mol. The molecule has 6 rings (SSSR count). The van der Waals surface area contributed by atoms with E-state index in [4.69, 9.17) is 17.3 Å². The molecule has 9 nitrogen and oxygen atoms in total. The van der Waals surface area contributed by atoms with Crippen LogP contribution < -0.4 is 5.73 Å². The molecule has 10 heteroatoms. The van der Waals surface area contributed by atoms with Crippen molar-refractivity contribution in [2.75, 3.05) is 5.73 Å². The number of nitrogens with zero attached hydrogens (tertiary/aromatic N) is 7. The summed E-state index contributed by atoms with van der Waals surface area (Å²) in [5.41, 5.74) is 13.3. The number of alkyl halides is 1. The van der Waals surface area contributed by atoms with Crippen molar-refractivity contribution in [1.29, 1.82) is 0 Å². The van der Waals surface area contributed by atoms with Crippen molar-refractivity contribution in [2.45, 2.75) is 12.4 Å². The first-order valence-electron chi connectivity index (χ1n) is 11.6. The van der Waals surface area contributed by atoms with Crippen LogP contribution in [0.4, 0.5) is 5.82 Å². The average Bonchev–Trinajstić information content (AvgIpc) is 3.62. The summed E-state index contributed by atoms with van der Waals surface area (Å²) < 4.78 is 1.95. The molecular formula is C28H26ClN9. The van der Waals surface area contributed by atoms with Gasteiger partial charge in [0.15, 0.2) is 17.1 Å². The zero-order valence-electron chi connectivity index (χ0n) is 20.6. The average molecular weight is 524 g/mol. The topological polar surface area (TPSA) is 124 Å². The van der Waals surface area contributed by atoms with Crippen LogP contribution >= 0.6 is 11.6 Å². The normalized spacial score (nSPS) is 10.2. The maximum Gasteiger partial charge on any atom is 0.180 e. The summed E-state index contributed by atoms with van der Waals surface area (Å²) in [4.78, 5) is 26.9. The van der Waals surface area contributed by atoms with Crippen LogP contribution in [0.5, 0.6) is 0 Å². The molecule has 0 fully saturated rings. The fourth-order valence-corrected chi connectivity index (χ4v) is 3.58. The predicted octanol–water partition coefficient (Wildman–Crippen LogP) is 5.52. The second kappa shape index (κ2) is 12.9. The van der Waals surface area contributed by atoms with Gasteiger partial charge in [0.05, 0.1) is 25.4 Å². The van der Waals surface area contributed by atoms with Crippen molar-refractivity contribution in [3.05, 3.63) is 115 Å². The molecule has 0 aliphatic rings. The highest BCUT2D eigenvalue weighted by Crippen LogP contribution is 2.16. The van der Waals surface area contributed by atoms with Crippen molar-refractivity contribution in [2.24, 2.45) is 0 Å². The molecule has 4 aromatic heterocycles. The number of benzene rings is 2. The van der Waals surface area contributed by atoms with Crippen molar-refractivity contribution in [3.63, 3.8) is 0 Å². The highest BCUT2D eigenvalue weighted by molar-refractivity contribution is 6.17. The third-order valence-corrected chi connectivity index (χ3v) is 5.77. The van der Waals surface area contributed by atoms with Crippen molar-refractivity contribution < 1.29 is 0 Å². The van der Waals surface area contributed by atoms with Gasteiger partial charge >= 0.3 is 0 Å². The third-order valence-electron chi connectivity index (χ3n) is 5.47. The molecule has 0 bridgehead atoms. The Morgan fingerprint density at radius 3 is 2.16 bits per heavy atom. The molecule has 0 atom stereocenters. The van der Waals surface area contributed by atoms with Gasteiger partial charge in [-0.2, -0.15) is 0 Å². The van der Waals surface area contributed by atoms with E-state index >= 15 is 0 Å². The van der Waals surface area contributed by atoms with Gasteiger partial charge in [-0.25, -0.2) is 29.9 Å². The van der Waals surface area contributed by atoms with Gasteiger partial charge in [0.2, 0.25) is 0 Å². The molecule has 0 unspecified atom stereocenters. The Hall–Kier alpha value is -4.89. The lowest BCUT2D eigenvalue weighted by Crippen LogP contribution is -2.00. The van der Waals surface area contributed by atoms with Gasteiger partial charge in [0, 0.05) is 5.88 Å². The van der Waals surface area contributed by atoms with E-state index in [9.17, 15) is 0 Å². The zero-order valence-corrected chi connectivity index (χ0v) is 21.3. The quantitative estimate of drug-likeness (QED) is 0.285. The van der Waals surface area contributed by atoms with Gasteiger partial charge < -0.3 is 15.3 Å². The van der Waals surface area contributed by atoms with Crippen molar-refractivity contribution in [1.82, 2.24) is 39.5 Å². The molecular weight excluding hydrogens is 498 g/mol. The lowest BCUT2D eigenvalue weighted by molar-refractivity contribution is 0.813. The Kier molecular flexibility index (Phi) is 8.88. The summed E-state index contributed by atoms with van der Waals surface area (Å²) in [7, 11) is 0. The molecule has 3 N–H and O–H groups in total. The van der Waals surface area contributed by atoms with Crippen LogP contribution in [0.2, 0.25) is 0 Å². The van der Waals surface area contributed by atoms with Gasteiger partial charge in [0.1, 0.15) is 23.7 Å². The molecule has 0 aliphatic carbocycles. The number of nitrogen functional groups attached to an aromatic ring is 1. The van der Waals surface area contributed by atoms with Crippen LogP contribution in [0.25, 0.3) is 34.5 Å². The van der Waals surface area contributed by atoms with E-state index in [2.05, 4.69) is 60.2 Å². The maximum absolute atomic E-state index is 5.76. The molecule has 190 valence electrons. The zero-order chi connectivity index (χ0) is 26.7. The number of hydrogen-bond donors (Lipinski definition) is 2. The number of H-pyrrole nitrogens is 1. The Morgan fingerprint density at radius 2 is 1.53 bits per heavy atom. The second-order valence-electron chi connectivity index (χ2n) is 7.99. The summed E-state index contributed by atoms with van der Waals surface area (Å²) >= 11 is 5.60. The summed E-state index contributed by atoms with van der Waals surface area (Å²) in [6.07, 6.45) is 11.6. The van der Waals surface area contributed by atoms with E-state index in [0.717, 1.165) is 27.9 Å². The molecule has 0 spiro atoms. The lowest BCUT2D eigenvalue weighted by atomic mass is 10.1. The van der Waals surface area contributed by atoms with Crippen LogP contribution in [0.15, 0.2) is 93.2 Å². The molecule has 0 saturated heterocycles. The number of halogens is 1. The van der Waals surface area contributed by atoms with E-state index in [1.807, 2.05) is 53.1 Å². The fraction of sp³-hybridized carbons (Fsp3) is 0.0714. The third kappa shape index (κ3) is 6.65. The number of imidazole rings is 2. The molecule has 38 heavy (non-hydrogen) atoms. The van der Waals surface area contributed by atoms with Gasteiger partial charge in [0.25, 0.3) is 0 Å². The molecule has 0 amide bonds. The van der Waals surface area contributed by atoms with E-state index in [-0.39, 0.29) is 0 Å². The van der Waals surface area contributed by atoms with Gasteiger partial charge in [-0.15, -0.1) is 11.6 Å². The van der Waals surface area contributed by atoms with Gasteiger partial charge in [-0.3, -0.25) is 0 Å². The predicted molar refractivity (Wildman–Crippen MR) is 153 cm³/mol. The number of aromatic amines is 1. The number of anilines is 1. The van der Waals surface area contributed by atoms with Crippen molar-refractivity contribution >= 4 is 51.9 Å². The first-order valence-corrected chi connectivity index (χ1v) is 12.1. The van der Waals surface area contributed by atoms with E-state index in [1.54, 1.807) is 18.9 Å². The number of nitrogens with two attached hydrogens (primary N) is 1. The van der Waals surface area contributed by atoms with Gasteiger partial charge in [-0.05, 0) is 22.3 Å². The van der Waals surface area contributed by atoms with Crippen molar-refractivity contribution in [3.8, 4) is 0 Å². The Balaban J connectivity index is 0.000000148. The van der Waals surface area contributed by atoms with E-state index in [0.29, 0.717) is 29.4 Å². The first-order chi connectivity index (χ1) is 18.6. The Labute approximate surface area is 224 Å². The SMILES string of the molecule is C=Cc1ccc(CCl)cc1.C=Cc1ccc(Cn2cnc3c(N)ncnc32)cc1.c1ncc2[nH]cnc2n1. The Morgan fingerprint density at radius 1 is 0.842 bits per heavy atom. The van der Waals surface area contributed by atoms with Crippen LogP contribution in [0.3, 0.4) is 0 Å². The minimum absolute atomic E-state index is 0.408. The Bertz CT molecular complexity index is 1590. The fourth-order valence-electron chi connectivity index (χ4n) is 3.40. The van der Waals surface area contributed by atoms with E-state index < -0.39 is 0 Å².